The van der Waals surface area contributed by atoms with Crippen LogP contribution in [0.5, 0.6) is 11.5 Å². The van der Waals surface area contributed by atoms with Gasteiger partial charge < -0.3 is 19.2 Å². The highest BCUT2D eigenvalue weighted by Gasteiger charge is 2.37. The predicted molar refractivity (Wildman–Crippen MR) is 122 cm³/mol. The number of nitrogens with one attached hydrogen (secondary N) is 1. The zero-order chi connectivity index (χ0) is 22.9. The summed E-state index contributed by atoms with van der Waals surface area (Å²) in [7, 11) is 0. The number of halogens is 1. The summed E-state index contributed by atoms with van der Waals surface area (Å²) in [5.41, 5.74) is 1.18. The number of ether oxygens (including phenoxy) is 2. The maximum absolute atomic E-state index is 12.8. The van der Waals surface area contributed by atoms with E-state index in [1.807, 2.05) is 0 Å². The smallest absolute Gasteiger partial charge is 0.291 e. The molecule has 5 rings (SSSR count). The Bertz CT molecular complexity index is 1250. The van der Waals surface area contributed by atoms with Crippen molar-refractivity contribution in [1.29, 1.82) is 0 Å². The number of imide groups is 1. The van der Waals surface area contributed by atoms with E-state index in [1.54, 1.807) is 54.6 Å². The Hall–Kier alpha value is -3.43. The van der Waals surface area contributed by atoms with Crippen LogP contribution >= 0.6 is 15.9 Å². The van der Waals surface area contributed by atoms with Gasteiger partial charge in [0.15, 0.2) is 10.4 Å². The van der Waals surface area contributed by atoms with Crippen LogP contribution in [0.25, 0.3) is 0 Å². The van der Waals surface area contributed by atoms with Gasteiger partial charge in [-0.05, 0) is 71.2 Å². The lowest BCUT2D eigenvalue weighted by atomic mass is 10.1. The Kier molecular flexibility index (Phi) is 5.74. The summed E-state index contributed by atoms with van der Waals surface area (Å²) in [5, 5.41) is 2.74. The number of anilines is 1. The third-order valence-corrected chi connectivity index (χ3v) is 5.90. The number of carbonyl (C=O) groups is 3. The van der Waals surface area contributed by atoms with Gasteiger partial charge in [0, 0.05) is 18.4 Å². The highest BCUT2D eigenvalue weighted by Crippen LogP contribution is 2.31. The molecule has 0 saturated carbocycles. The second kappa shape index (κ2) is 8.84. The molecular weight excluding hydrogens is 492 g/mol. The maximum Gasteiger partial charge on any atom is 0.291 e. The second-order valence-electron chi connectivity index (χ2n) is 7.75. The SMILES string of the molecule is O=C(Nc1cccc(Oc2ccc3c(c2)C(=O)N(CC2CCCO2)C3=O)c1)c1ccc(Br)o1. The zero-order valence-corrected chi connectivity index (χ0v) is 19.0. The largest absolute Gasteiger partial charge is 0.457 e. The number of fused-ring (bicyclic) bond motifs is 1. The number of nitrogens with zero attached hydrogens (tertiary/aromatic N) is 1. The fourth-order valence-corrected chi connectivity index (χ4v) is 4.20. The topological polar surface area (TPSA) is 98.1 Å². The van der Waals surface area contributed by atoms with E-state index in [2.05, 4.69) is 21.2 Å². The Morgan fingerprint density at radius 3 is 2.64 bits per heavy atom. The first-order chi connectivity index (χ1) is 16.0. The zero-order valence-electron chi connectivity index (χ0n) is 17.4. The van der Waals surface area contributed by atoms with Crippen LogP contribution < -0.4 is 10.1 Å². The molecule has 3 amide bonds. The van der Waals surface area contributed by atoms with Gasteiger partial charge in [-0.2, -0.15) is 0 Å². The molecule has 0 bridgehead atoms. The number of amides is 3. The van der Waals surface area contributed by atoms with E-state index in [-0.39, 0.29) is 30.2 Å². The molecule has 168 valence electrons. The van der Waals surface area contributed by atoms with Crippen LogP contribution in [-0.2, 0) is 4.74 Å². The standard InChI is InChI=1S/C24H19BrN2O6/c25-21-9-8-20(33-21)22(28)26-14-3-1-4-15(11-14)32-16-6-7-18-19(12-16)24(30)27(23(18)29)13-17-5-2-10-31-17/h1,3-4,6-9,11-12,17H,2,5,10,13H2,(H,26,28). The highest BCUT2D eigenvalue weighted by atomic mass is 79.9. The molecule has 2 aliphatic rings. The summed E-state index contributed by atoms with van der Waals surface area (Å²) in [6.07, 6.45) is 1.67. The van der Waals surface area contributed by atoms with Gasteiger partial charge in [-0.15, -0.1) is 0 Å². The van der Waals surface area contributed by atoms with Crippen LogP contribution in [0.4, 0.5) is 5.69 Å². The van der Waals surface area contributed by atoms with E-state index in [9.17, 15) is 14.4 Å². The molecule has 3 heterocycles. The Morgan fingerprint density at radius 1 is 1.06 bits per heavy atom. The van der Waals surface area contributed by atoms with Gasteiger partial charge in [-0.3, -0.25) is 19.3 Å². The van der Waals surface area contributed by atoms with Gasteiger partial charge in [0.1, 0.15) is 11.5 Å². The van der Waals surface area contributed by atoms with Gasteiger partial charge in [0.05, 0.1) is 23.8 Å². The Morgan fingerprint density at radius 2 is 1.88 bits per heavy atom. The molecule has 8 nitrogen and oxygen atoms in total. The Balaban J connectivity index is 1.30. The first kappa shape index (κ1) is 21.4. The monoisotopic (exact) mass is 510 g/mol. The van der Waals surface area contributed by atoms with Gasteiger partial charge in [-0.1, -0.05) is 6.07 Å². The van der Waals surface area contributed by atoms with Crippen LogP contribution in [0.1, 0.15) is 44.1 Å². The van der Waals surface area contributed by atoms with E-state index in [0.717, 1.165) is 12.8 Å². The fraction of sp³-hybridized carbons (Fsp3) is 0.208. The number of benzene rings is 2. The van der Waals surface area contributed by atoms with Crippen molar-refractivity contribution in [3.8, 4) is 11.5 Å². The number of hydrogen-bond donors (Lipinski definition) is 1. The van der Waals surface area contributed by atoms with Crippen LogP contribution in [-0.4, -0.2) is 41.9 Å². The summed E-state index contributed by atoms with van der Waals surface area (Å²) in [6.45, 7) is 0.918. The van der Waals surface area contributed by atoms with E-state index in [1.165, 1.54) is 4.90 Å². The molecule has 0 radical (unpaired) electrons. The maximum atomic E-state index is 12.8. The molecule has 1 saturated heterocycles. The van der Waals surface area contributed by atoms with E-state index in [4.69, 9.17) is 13.9 Å². The molecule has 0 spiro atoms. The average Bonchev–Trinajstić information content (AvgIpc) is 3.52. The molecule has 2 aromatic carbocycles. The lowest BCUT2D eigenvalue weighted by molar-refractivity contribution is 0.0475. The minimum Gasteiger partial charge on any atom is -0.457 e. The summed E-state index contributed by atoms with van der Waals surface area (Å²) in [4.78, 5) is 39.1. The lowest BCUT2D eigenvalue weighted by Crippen LogP contribution is -2.36. The van der Waals surface area contributed by atoms with Gasteiger partial charge >= 0.3 is 0 Å². The van der Waals surface area contributed by atoms with Gasteiger partial charge in [-0.25, -0.2) is 0 Å². The van der Waals surface area contributed by atoms with E-state index in [0.29, 0.717) is 39.6 Å². The van der Waals surface area contributed by atoms with Gasteiger partial charge in [0.2, 0.25) is 0 Å². The van der Waals surface area contributed by atoms with E-state index < -0.39 is 5.91 Å². The lowest BCUT2D eigenvalue weighted by Gasteiger charge is -2.17. The number of furan rings is 1. The van der Waals surface area contributed by atoms with E-state index >= 15 is 0 Å². The summed E-state index contributed by atoms with van der Waals surface area (Å²) in [5.74, 6) is -0.0186. The molecule has 1 unspecified atom stereocenters. The molecule has 2 aliphatic heterocycles. The van der Waals surface area contributed by atoms with Crippen LogP contribution in [0.2, 0.25) is 0 Å². The molecule has 1 fully saturated rings. The molecule has 1 N–H and O–H groups in total. The molecule has 9 heteroatoms. The summed E-state index contributed by atoms with van der Waals surface area (Å²) < 4.78 is 17.2. The van der Waals surface area contributed by atoms with Crippen molar-refractivity contribution in [2.45, 2.75) is 18.9 Å². The summed E-state index contributed by atoms with van der Waals surface area (Å²) >= 11 is 3.17. The van der Waals surface area contributed by atoms with Crippen molar-refractivity contribution >= 4 is 39.3 Å². The first-order valence-electron chi connectivity index (χ1n) is 10.4. The van der Waals surface area contributed by atoms with Crippen LogP contribution in [0.15, 0.2) is 63.7 Å². The molecule has 0 aliphatic carbocycles. The molecule has 1 aromatic heterocycles. The Labute approximate surface area is 197 Å². The van der Waals surface area contributed by atoms with Crippen molar-refractivity contribution in [1.82, 2.24) is 4.90 Å². The summed E-state index contributed by atoms with van der Waals surface area (Å²) in [6, 6.07) is 14.8. The third-order valence-electron chi connectivity index (χ3n) is 5.48. The normalized spacial score (nSPS) is 17.4. The molecular formula is C24H19BrN2O6. The molecule has 1 atom stereocenters. The quantitative estimate of drug-likeness (QED) is 0.475. The van der Waals surface area contributed by atoms with Crippen molar-refractivity contribution in [2.75, 3.05) is 18.5 Å². The predicted octanol–water partition coefficient (Wildman–Crippen LogP) is 4.86. The van der Waals surface area contributed by atoms with Crippen molar-refractivity contribution in [3.63, 3.8) is 0 Å². The van der Waals surface area contributed by atoms with Crippen molar-refractivity contribution in [2.24, 2.45) is 0 Å². The van der Waals surface area contributed by atoms with Crippen molar-refractivity contribution < 1.29 is 28.3 Å². The molecule has 3 aromatic rings. The minimum atomic E-state index is -0.397. The molecule has 33 heavy (non-hydrogen) atoms. The second-order valence-corrected chi connectivity index (χ2v) is 8.53. The average molecular weight is 511 g/mol. The highest BCUT2D eigenvalue weighted by molar-refractivity contribution is 9.10. The number of carbonyl (C=O) groups excluding carboxylic acids is 3. The van der Waals surface area contributed by atoms with Gasteiger partial charge in [0.25, 0.3) is 17.7 Å². The minimum absolute atomic E-state index is 0.108. The van der Waals surface area contributed by atoms with Crippen molar-refractivity contribution in [3.05, 3.63) is 76.2 Å². The fourth-order valence-electron chi connectivity index (χ4n) is 3.89. The third kappa shape index (κ3) is 4.42. The number of hydrogen-bond acceptors (Lipinski definition) is 6. The first-order valence-corrected chi connectivity index (χ1v) is 11.2. The van der Waals surface area contributed by atoms with Crippen LogP contribution in [0, 0.1) is 0 Å². The van der Waals surface area contributed by atoms with Crippen LogP contribution in [0.3, 0.4) is 0 Å². The number of rotatable bonds is 6.